The van der Waals surface area contributed by atoms with Crippen LogP contribution in [-0.2, 0) is 10.8 Å². The second-order valence-electron chi connectivity index (χ2n) is 18.8. The molecule has 64 heavy (non-hydrogen) atoms. The van der Waals surface area contributed by atoms with Crippen molar-refractivity contribution in [1.29, 1.82) is 0 Å². The van der Waals surface area contributed by atoms with E-state index >= 15 is 0 Å². The average molecular weight is 817 g/mol. The van der Waals surface area contributed by atoms with E-state index in [4.69, 9.17) is 9.97 Å². The van der Waals surface area contributed by atoms with Gasteiger partial charge in [0.05, 0.1) is 11.4 Å². The highest BCUT2D eigenvalue weighted by atomic mass is 14.9. The maximum Gasteiger partial charge on any atom is 0.160 e. The molecular formula is C62H44N2. The Kier molecular flexibility index (Phi) is 7.74. The molecule has 0 radical (unpaired) electrons. The molecule has 302 valence electrons. The summed E-state index contributed by atoms with van der Waals surface area (Å²) in [5, 5.41) is 10.2. The second kappa shape index (κ2) is 13.4. The predicted octanol–water partition coefficient (Wildman–Crippen LogP) is 16.4. The maximum absolute atomic E-state index is 5.50. The summed E-state index contributed by atoms with van der Waals surface area (Å²) in [6, 6.07) is 71.3. The van der Waals surface area contributed by atoms with Gasteiger partial charge in [-0.25, -0.2) is 9.97 Å². The van der Waals surface area contributed by atoms with Crippen molar-refractivity contribution in [2.45, 2.75) is 38.5 Å². The minimum atomic E-state index is -0.277. The van der Waals surface area contributed by atoms with Crippen LogP contribution < -0.4 is 0 Å². The molecule has 0 atom stereocenters. The summed E-state index contributed by atoms with van der Waals surface area (Å²) in [7, 11) is 0. The van der Waals surface area contributed by atoms with Gasteiger partial charge in [-0.15, -0.1) is 0 Å². The lowest BCUT2D eigenvalue weighted by Crippen LogP contribution is -2.16. The molecular weight excluding hydrogens is 773 g/mol. The molecule has 2 aliphatic carbocycles. The number of hydrogen-bond donors (Lipinski definition) is 0. The van der Waals surface area contributed by atoms with Gasteiger partial charge in [-0.2, -0.15) is 0 Å². The zero-order chi connectivity index (χ0) is 42.9. The fraction of sp³-hybridized carbons (Fsp3) is 0.0968. The van der Waals surface area contributed by atoms with Gasteiger partial charge >= 0.3 is 0 Å². The van der Waals surface area contributed by atoms with Gasteiger partial charge in [0, 0.05) is 27.5 Å². The second-order valence-corrected chi connectivity index (χ2v) is 18.8. The lowest BCUT2D eigenvalue weighted by molar-refractivity contribution is 0.661. The van der Waals surface area contributed by atoms with E-state index in [2.05, 4.69) is 222 Å². The van der Waals surface area contributed by atoms with Gasteiger partial charge in [-0.1, -0.05) is 198 Å². The SMILES string of the molecule is CC1(C)c2cc3ccccc3cc2-c2c(-c3ccccc3-c3cc(-c4cc5c(c6ccccc46)-c4c(c6ccccc6c6ccccc46)C5(C)C)nc(-c4ccccc4)n3)cccc21. The molecule has 2 nitrogen and oxygen atoms in total. The van der Waals surface area contributed by atoms with E-state index in [1.165, 1.54) is 93.2 Å². The van der Waals surface area contributed by atoms with Crippen LogP contribution in [0.15, 0.2) is 194 Å². The van der Waals surface area contributed by atoms with Crippen LogP contribution in [0.25, 0.3) is 110 Å². The third kappa shape index (κ3) is 5.14. The summed E-state index contributed by atoms with van der Waals surface area (Å²) in [6.45, 7) is 9.57. The molecule has 0 aliphatic heterocycles. The number of aromatic nitrogens is 2. The van der Waals surface area contributed by atoms with E-state index in [-0.39, 0.29) is 10.8 Å². The lowest BCUT2D eigenvalue weighted by atomic mass is 9.78. The Bertz CT molecular complexity index is 3780. The molecule has 11 aromatic rings. The highest BCUT2D eigenvalue weighted by Gasteiger charge is 2.41. The van der Waals surface area contributed by atoms with Crippen LogP contribution in [0, 0.1) is 0 Å². The molecule has 2 aliphatic rings. The van der Waals surface area contributed by atoms with Crippen molar-refractivity contribution in [3.8, 4) is 67.3 Å². The van der Waals surface area contributed by atoms with E-state index in [0.29, 0.717) is 5.82 Å². The normalized spacial score (nSPS) is 14.2. The van der Waals surface area contributed by atoms with E-state index in [0.717, 1.165) is 33.6 Å². The lowest BCUT2D eigenvalue weighted by Gasteiger charge is -2.25. The first kappa shape index (κ1) is 36.9. The van der Waals surface area contributed by atoms with Crippen LogP contribution >= 0.6 is 0 Å². The van der Waals surface area contributed by atoms with Crippen molar-refractivity contribution < 1.29 is 0 Å². The minimum absolute atomic E-state index is 0.150. The molecule has 1 aromatic heterocycles. The fourth-order valence-electron chi connectivity index (χ4n) is 11.6. The molecule has 10 aromatic carbocycles. The van der Waals surface area contributed by atoms with E-state index in [9.17, 15) is 0 Å². The van der Waals surface area contributed by atoms with Crippen molar-refractivity contribution in [3.05, 3.63) is 216 Å². The van der Waals surface area contributed by atoms with Gasteiger partial charge < -0.3 is 0 Å². The van der Waals surface area contributed by atoms with E-state index in [1.807, 2.05) is 0 Å². The van der Waals surface area contributed by atoms with Crippen molar-refractivity contribution in [2.75, 3.05) is 0 Å². The number of fused-ring (bicyclic) bond motifs is 14. The molecule has 0 unspecified atom stereocenters. The largest absolute Gasteiger partial charge is 0.228 e. The van der Waals surface area contributed by atoms with Crippen LogP contribution in [0.3, 0.4) is 0 Å². The highest BCUT2D eigenvalue weighted by molar-refractivity contribution is 6.22. The quantitative estimate of drug-likeness (QED) is 0.165. The third-order valence-corrected chi connectivity index (χ3v) is 14.6. The number of rotatable bonds is 4. The smallest absolute Gasteiger partial charge is 0.160 e. The molecule has 0 saturated heterocycles. The molecule has 13 rings (SSSR count). The molecule has 0 bridgehead atoms. The molecule has 2 heteroatoms. The molecule has 1 heterocycles. The summed E-state index contributed by atoms with van der Waals surface area (Å²) in [5.74, 6) is 0.711. The Morgan fingerprint density at radius 2 is 0.859 bits per heavy atom. The fourth-order valence-corrected chi connectivity index (χ4v) is 11.6. The summed E-state index contributed by atoms with van der Waals surface area (Å²) >= 11 is 0. The Balaban J connectivity index is 1.07. The standard InChI is InChI=1S/C62H44N2/c1-61(2)51-32-18-31-45(56(51)50-33-38-21-8-9-22-39(38)34-52(50)61)42-25-10-14-27-44(42)54-36-55(64-60(63-54)37-19-6-5-7-20-37)49-35-53-57(46-28-15-12-26-43(46)49)58-47-29-16-11-23-40(47)41-24-13-17-30-48(41)59(58)62(53,3)4/h5-36H,1-4H3. The summed E-state index contributed by atoms with van der Waals surface area (Å²) < 4.78 is 0. The van der Waals surface area contributed by atoms with Crippen molar-refractivity contribution in [3.63, 3.8) is 0 Å². The van der Waals surface area contributed by atoms with Crippen molar-refractivity contribution >= 4 is 43.1 Å². The average Bonchev–Trinajstić information content (AvgIpc) is 3.72. The van der Waals surface area contributed by atoms with E-state index in [1.54, 1.807) is 0 Å². The Hall–Kier alpha value is -7.68. The molecule has 0 spiro atoms. The Labute approximate surface area is 373 Å². The number of hydrogen-bond acceptors (Lipinski definition) is 2. The Morgan fingerprint density at radius 3 is 1.59 bits per heavy atom. The number of benzene rings is 10. The van der Waals surface area contributed by atoms with Crippen molar-refractivity contribution in [1.82, 2.24) is 9.97 Å². The van der Waals surface area contributed by atoms with Crippen LogP contribution in [0.1, 0.15) is 49.9 Å². The zero-order valence-corrected chi connectivity index (χ0v) is 36.4. The molecule has 0 amide bonds. The first-order valence-electron chi connectivity index (χ1n) is 22.5. The molecule has 0 saturated carbocycles. The highest BCUT2D eigenvalue weighted by Crippen LogP contribution is 2.58. The van der Waals surface area contributed by atoms with Gasteiger partial charge in [0.1, 0.15) is 0 Å². The monoisotopic (exact) mass is 816 g/mol. The van der Waals surface area contributed by atoms with Gasteiger partial charge in [0.2, 0.25) is 0 Å². The van der Waals surface area contributed by atoms with Crippen molar-refractivity contribution in [2.24, 2.45) is 0 Å². The summed E-state index contributed by atoms with van der Waals surface area (Å²) in [6.07, 6.45) is 0. The first-order chi connectivity index (χ1) is 31.3. The van der Waals surface area contributed by atoms with Gasteiger partial charge in [0.25, 0.3) is 0 Å². The molecule has 0 fully saturated rings. The van der Waals surface area contributed by atoms with Gasteiger partial charge in [0.15, 0.2) is 5.82 Å². The third-order valence-electron chi connectivity index (χ3n) is 14.6. The zero-order valence-electron chi connectivity index (χ0n) is 36.4. The summed E-state index contributed by atoms with van der Waals surface area (Å²) in [5.41, 5.74) is 17.7. The Morgan fingerprint density at radius 1 is 0.312 bits per heavy atom. The van der Waals surface area contributed by atoms with E-state index < -0.39 is 0 Å². The summed E-state index contributed by atoms with van der Waals surface area (Å²) in [4.78, 5) is 11.0. The van der Waals surface area contributed by atoms with Crippen LogP contribution in [0.4, 0.5) is 0 Å². The maximum atomic E-state index is 5.50. The van der Waals surface area contributed by atoms with Crippen LogP contribution in [0.2, 0.25) is 0 Å². The van der Waals surface area contributed by atoms with Gasteiger partial charge in [-0.05, 0) is 123 Å². The predicted molar refractivity (Wildman–Crippen MR) is 269 cm³/mol. The van der Waals surface area contributed by atoms with Gasteiger partial charge in [-0.3, -0.25) is 0 Å². The van der Waals surface area contributed by atoms with Crippen LogP contribution in [-0.4, -0.2) is 9.97 Å². The van der Waals surface area contributed by atoms with Crippen LogP contribution in [0.5, 0.6) is 0 Å². The minimum Gasteiger partial charge on any atom is -0.228 e. The number of nitrogens with zero attached hydrogens (tertiary/aromatic N) is 2. The molecule has 0 N–H and O–H groups in total. The first-order valence-corrected chi connectivity index (χ1v) is 22.5. The topological polar surface area (TPSA) is 25.8 Å².